The summed E-state index contributed by atoms with van der Waals surface area (Å²) in [5.74, 6) is 1.73. The van der Waals surface area contributed by atoms with Gasteiger partial charge in [0.25, 0.3) is 0 Å². The van der Waals surface area contributed by atoms with Gasteiger partial charge in [-0.3, -0.25) is 0 Å². The van der Waals surface area contributed by atoms with Gasteiger partial charge < -0.3 is 9.88 Å². The van der Waals surface area contributed by atoms with E-state index in [0.29, 0.717) is 11.6 Å². The molecule has 0 amide bonds. The Kier molecular flexibility index (Phi) is 3.22. The molecule has 2 rings (SSSR count). The molecule has 0 aliphatic heterocycles. The average Bonchev–Trinajstić information content (AvgIpc) is 2.61. The maximum Gasteiger partial charge on any atom is 0.163 e. The van der Waals surface area contributed by atoms with Gasteiger partial charge in [0.2, 0.25) is 0 Å². The van der Waals surface area contributed by atoms with Gasteiger partial charge in [0.1, 0.15) is 5.82 Å². The molecular formula is C11H13ClN4. The Labute approximate surface area is 99.3 Å². The normalized spacial score (nSPS) is 10.7. The molecule has 0 unspecified atom stereocenters. The second kappa shape index (κ2) is 4.63. The van der Waals surface area contributed by atoms with E-state index < -0.39 is 0 Å². The molecule has 0 fully saturated rings. The molecule has 16 heavy (non-hydrogen) atoms. The zero-order valence-corrected chi connectivity index (χ0v) is 9.99. The van der Waals surface area contributed by atoms with Crippen LogP contribution < -0.4 is 5.32 Å². The van der Waals surface area contributed by atoms with Gasteiger partial charge >= 0.3 is 0 Å². The highest BCUT2D eigenvalue weighted by molar-refractivity contribution is 6.30. The molecule has 5 heteroatoms. The largest absolute Gasteiger partial charge is 0.313 e. The number of halogens is 1. The van der Waals surface area contributed by atoms with E-state index in [9.17, 15) is 0 Å². The summed E-state index contributed by atoms with van der Waals surface area (Å²) in [6.07, 6.45) is 0. The first-order valence-electron chi connectivity index (χ1n) is 5.01. The van der Waals surface area contributed by atoms with Crippen LogP contribution in [-0.4, -0.2) is 21.8 Å². The van der Waals surface area contributed by atoms with Crippen LogP contribution in [0.5, 0.6) is 0 Å². The number of benzene rings is 1. The van der Waals surface area contributed by atoms with Crippen molar-refractivity contribution in [3.05, 3.63) is 35.1 Å². The topological polar surface area (TPSA) is 42.7 Å². The Morgan fingerprint density at radius 1 is 1.38 bits per heavy atom. The molecule has 84 valence electrons. The first-order valence-corrected chi connectivity index (χ1v) is 5.39. The highest BCUT2D eigenvalue weighted by Crippen LogP contribution is 2.20. The quantitative estimate of drug-likeness (QED) is 0.885. The maximum absolute atomic E-state index is 5.95. The van der Waals surface area contributed by atoms with Crippen LogP contribution in [0.25, 0.3) is 11.4 Å². The SMILES string of the molecule is CNCc1nnc(-c2cccc(Cl)c2)n1C. The van der Waals surface area contributed by atoms with E-state index in [4.69, 9.17) is 11.6 Å². The molecule has 1 N–H and O–H groups in total. The van der Waals surface area contributed by atoms with Crippen LogP contribution in [0.2, 0.25) is 5.02 Å². The summed E-state index contributed by atoms with van der Waals surface area (Å²) in [5, 5.41) is 12.0. The Bertz CT molecular complexity index is 492. The van der Waals surface area contributed by atoms with E-state index in [-0.39, 0.29) is 0 Å². The molecule has 2 aromatic rings. The first-order chi connectivity index (χ1) is 7.72. The van der Waals surface area contributed by atoms with E-state index in [1.165, 1.54) is 0 Å². The Balaban J connectivity index is 2.41. The summed E-state index contributed by atoms with van der Waals surface area (Å²) in [5.41, 5.74) is 0.977. The highest BCUT2D eigenvalue weighted by Gasteiger charge is 2.09. The van der Waals surface area contributed by atoms with Crippen molar-refractivity contribution in [1.82, 2.24) is 20.1 Å². The monoisotopic (exact) mass is 236 g/mol. The van der Waals surface area contributed by atoms with E-state index >= 15 is 0 Å². The number of nitrogens with zero attached hydrogens (tertiary/aromatic N) is 3. The third kappa shape index (κ3) is 2.08. The summed E-state index contributed by atoms with van der Waals surface area (Å²) >= 11 is 5.95. The molecule has 0 aliphatic carbocycles. The van der Waals surface area contributed by atoms with E-state index in [1.807, 2.05) is 42.9 Å². The van der Waals surface area contributed by atoms with Gasteiger partial charge in [-0.1, -0.05) is 23.7 Å². The second-order valence-electron chi connectivity index (χ2n) is 3.54. The van der Waals surface area contributed by atoms with Gasteiger partial charge in [0.15, 0.2) is 5.82 Å². The van der Waals surface area contributed by atoms with Gasteiger partial charge in [-0.05, 0) is 19.2 Å². The third-order valence-corrected chi connectivity index (χ3v) is 2.62. The number of rotatable bonds is 3. The zero-order valence-electron chi connectivity index (χ0n) is 9.24. The average molecular weight is 237 g/mol. The minimum Gasteiger partial charge on any atom is -0.313 e. The first kappa shape index (κ1) is 11.1. The van der Waals surface area contributed by atoms with Crippen molar-refractivity contribution in [2.24, 2.45) is 7.05 Å². The molecule has 4 nitrogen and oxygen atoms in total. The van der Waals surface area contributed by atoms with Gasteiger partial charge in [-0.15, -0.1) is 10.2 Å². The smallest absolute Gasteiger partial charge is 0.163 e. The highest BCUT2D eigenvalue weighted by atomic mass is 35.5. The Hall–Kier alpha value is -1.39. The minimum atomic E-state index is 0.698. The van der Waals surface area contributed by atoms with Crippen LogP contribution in [0.15, 0.2) is 24.3 Å². The lowest BCUT2D eigenvalue weighted by atomic mass is 10.2. The number of hydrogen-bond acceptors (Lipinski definition) is 3. The predicted octanol–water partition coefficient (Wildman–Crippen LogP) is 1.85. The number of nitrogens with one attached hydrogen (secondary N) is 1. The summed E-state index contributed by atoms with van der Waals surface area (Å²) < 4.78 is 1.96. The fraction of sp³-hybridized carbons (Fsp3) is 0.273. The second-order valence-corrected chi connectivity index (χ2v) is 3.98. The van der Waals surface area contributed by atoms with Crippen LogP contribution in [0.1, 0.15) is 5.82 Å². The molecule has 0 aliphatic rings. The lowest BCUT2D eigenvalue weighted by Gasteiger charge is -2.03. The van der Waals surface area contributed by atoms with E-state index in [2.05, 4.69) is 15.5 Å². The van der Waals surface area contributed by atoms with Crippen LogP contribution >= 0.6 is 11.6 Å². The van der Waals surface area contributed by atoms with E-state index in [0.717, 1.165) is 17.2 Å². The fourth-order valence-electron chi connectivity index (χ4n) is 1.55. The van der Waals surface area contributed by atoms with E-state index in [1.54, 1.807) is 0 Å². The van der Waals surface area contributed by atoms with Crippen LogP contribution in [-0.2, 0) is 13.6 Å². The van der Waals surface area contributed by atoms with Crippen molar-refractivity contribution in [2.45, 2.75) is 6.54 Å². The van der Waals surface area contributed by atoms with Crippen LogP contribution in [0.3, 0.4) is 0 Å². The molecule has 0 saturated heterocycles. The number of hydrogen-bond donors (Lipinski definition) is 1. The molecule has 1 aromatic heterocycles. The molecule has 0 saturated carbocycles. The summed E-state index contributed by atoms with van der Waals surface area (Å²) in [6, 6.07) is 7.60. The third-order valence-electron chi connectivity index (χ3n) is 2.38. The lowest BCUT2D eigenvalue weighted by molar-refractivity contribution is 0.709. The van der Waals surface area contributed by atoms with Crippen molar-refractivity contribution in [1.29, 1.82) is 0 Å². The van der Waals surface area contributed by atoms with Crippen molar-refractivity contribution in [2.75, 3.05) is 7.05 Å². The fourth-order valence-corrected chi connectivity index (χ4v) is 1.74. The number of aromatic nitrogens is 3. The van der Waals surface area contributed by atoms with Crippen LogP contribution in [0, 0.1) is 0 Å². The van der Waals surface area contributed by atoms with Crippen molar-refractivity contribution in [3.8, 4) is 11.4 Å². The van der Waals surface area contributed by atoms with Crippen molar-refractivity contribution in [3.63, 3.8) is 0 Å². The predicted molar refractivity (Wildman–Crippen MR) is 64.2 cm³/mol. The molecule has 0 atom stereocenters. The van der Waals surface area contributed by atoms with Gasteiger partial charge in [0, 0.05) is 17.6 Å². The van der Waals surface area contributed by atoms with Crippen molar-refractivity contribution >= 4 is 11.6 Å². The van der Waals surface area contributed by atoms with Gasteiger partial charge in [0.05, 0.1) is 6.54 Å². The summed E-state index contributed by atoms with van der Waals surface area (Å²) in [4.78, 5) is 0. The molecule has 0 radical (unpaired) electrons. The summed E-state index contributed by atoms with van der Waals surface area (Å²) in [6.45, 7) is 0.698. The molecular weight excluding hydrogens is 224 g/mol. The maximum atomic E-state index is 5.95. The Morgan fingerprint density at radius 2 is 2.19 bits per heavy atom. The molecule has 0 bridgehead atoms. The van der Waals surface area contributed by atoms with Crippen LogP contribution in [0.4, 0.5) is 0 Å². The zero-order chi connectivity index (χ0) is 11.5. The van der Waals surface area contributed by atoms with Gasteiger partial charge in [-0.25, -0.2) is 0 Å². The minimum absolute atomic E-state index is 0.698. The van der Waals surface area contributed by atoms with Crippen molar-refractivity contribution < 1.29 is 0 Å². The molecule has 0 spiro atoms. The Morgan fingerprint density at radius 3 is 2.88 bits per heavy atom. The standard InChI is InChI=1S/C11H13ClN4/c1-13-7-10-14-15-11(16(10)2)8-4-3-5-9(12)6-8/h3-6,13H,7H2,1-2H3. The van der Waals surface area contributed by atoms with Gasteiger partial charge in [-0.2, -0.15) is 0 Å². The summed E-state index contributed by atoms with van der Waals surface area (Å²) in [7, 11) is 3.83. The molecule has 1 aromatic carbocycles. The molecule has 1 heterocycles. The lowest BCUT2D eigenvalue weighted by Crippen LogP contribution is -2.10.